The Labute approximate surface area is 145 Å². The minimum Gasteiger partial charge on any atom is -0.315 e. The van der Waals surface area contributed by atoms with E-state index in [2.05, 4.69) is 84.7 Å². The Kier molecular flexibility index (Phi) is 6.53. The summed E-state index contributed by atoms with van der Waals surface area (Å²) in [4.78, 5) is 0. The zero-order valence-corrected chi connectivity index (χ0v) is 16.7. The van der Waals surface area contributed by atoms with Crippen molar-refractivity contribution in [2.45, 2.75) is 55.4 Å². The maximum Gasteiger partial charge on any atom is 0.0766 e. The third-order valence-corrected chi connectivity index (χ3v) is 8.78. The number of rotatable bonds is 5. The van der Waals surface area contributed by atoms with Crippen molar-refractivity contribution in [2.75, 3.05) is 12.8 Å². The molecule has 1 N–H and O–H groups in total. The predicted octanol–water partition coefficient (Wildman–Crippen LogP) is 3.50. The fourth-order valence-electron chi connectivity index (χ4n) is 2.69. The Bertz CT molecular complexity index is 478. The van der Waals surface area contributed by atoms with Gasteiger partial charge in [-0.2, -0.15) is 28.6 Å². The van der Waals surface area contributed by atoms with Crippen LogP contribution in [0.2, 0.25) is 0 Å². The van der Waals surface area contributed by atoms with Crippen LogP contribution >= 0.6 is 39.5 Å². The van der Waals surface area contributed by atoms with Gasteiger partial charge in [0.2, 0.25) is 0 Å². The van der Waals surface area contributed by atoms with E-state index < -0.39 is 0 Å². The van der Waals surface area contributed by atoms with Crippen LogP contribution in [-0.2, 0) is 19.9 Å². The average Bonchev–Trinajstić information content (AvgIpc) is 2.74. The summed E-state index contributed by atoms with van der Waals surface area (Å²) >= 11 is 8.00. The van der Waals surface area contributed by atoms with Crippen LogP contribution in [-0.4, -0.2) is 44.4 Å². The lowest BCUT2D eigenvalue weighted by Gasteiger charge is -2.36. The third kappa shape index (κ3) is 4.01. The Balaban J connectivity index is 2.11. The van der Waals surface area contributed by atoms with Gasteiger partial charge in [0.15, 0.2) is 0 Å². The molecule has 1 aromatic rings. The molecule has 1 aliphatic heterocycles. The van der Waals surface area contributed by atoms with Gasteiger partial charge in [-0.3, -0.25) is 4.68 Å². The summed E-state index contributed by atoms with van der Waals surface area (Å²) in [5.41, 5.74) is 2.47. The minimum absolute atomic E-state index is 0.494. The minimum atomic E-state index is 0.494. The Morgan fingerprint density at radius 2 is 2.14 bits per heavy atom. The number of nitrogens with zero attached hydrogens (tertiary/aromatic N) is 2. The molecule has 4 unspecified atom stereocenters. The van der Waals surface area contributed by atoms with Crippen LogP contribution in [0.5, 0.6) is 0 Å². The van der Waals surface area contributed by atoms with E-state index in [-0.39, 0.29) is 0 Å². The molecule has 1 saturated heterocycles. The van der Waals surface area contributed by atoms with E-state index in [1.807, 2.05) is 4.68 Å². The molecule has 1 aliphatic rings. The number of halogens is 1. The summed E-state index contributed by atoms with van der Waals surface area (Å²) < 4.78 is 3.24. The number of aromatic nitrogens is 2. The first-order valence-electron chi connectivity index (χ1n) is 7.62. The van der Waals surface area contributed by atoms with Crippen LogP contribution in [0, 0.1) is 0 Å². The highest BCUT2D eigenvalue weighted by Gasteiger charge is 2.31. The molecule has 1 fully saturated rings. The monoisotopic (exact) mass is 391 g/mol. The van der Waals surface area contributed by atoms with Gasteiger partial charge in [0.25, 0.3) is 0 Å². The van der Waals surface area contributed by atoms with Crippen molar-refractivity contribution in [1.82, 2.24) is 15.1 Å². The van der Waals surface area contributed by atoms with Crippen molar-refractivity contribution in [3.63, 3.8) is 0 Å². The molecular formula is C15H26BrN3S2. The Morgan fingerprint density at radius 1 is 1.43 bits per heavy atom. The van der Waals surface area contributed by atoms with E-state index in [9.17, 15) is 0 Å². The second-order valence-corrected chi connectivity index (χ2v) is 9.53. The smallest absolute Gasteiger partial charge is 0.0766 e. The van der Waals surface area contributed by atoms with Crippen molar-refractivity contribution >= 4 is 39.5 Å². The van der Waals surface area contributed by atoms with Gasteiger partial charge in [0.05, 0.1) is 15.9 Å². The maximum absolute atomic E-state index is 4.62. The van der Waals surface area contributed by atoms with Crippen LogP contribution in [0.1, 0.15) is 32.2 Å². The fraction of sp³-hybridized carbons (Fsp3) is 0.800. The Hall–Kier alpha value is 0.350. The first-order chi connectivity index (χ1) is 9.97. The van der Waals surface area contributed by atoms with Crippen LogP contribution in [0.25, 0.3) is 0 Å². The largest absolute Gasteiger partial charge is 0.315 e. The first kappa shape index (κ1) is 17.7. The molecule has 2 rings (SSSR count). The molecule has 21 heavy (non-hydrogen) atoms. The second kappa shape index (κ2) is 7.75. The van der Waals surface area contributed by atoms with E-state index in [1.54, 1.807) is 0 Å². The number of aryl methyl sites for hydroxylation is 2. The van der Waals surface area contributed by atoms with E-state index in [1.165, 1.54) is 15.9 Å². The molecule has 0 spiro atoms. The lowest BCUT2D eigenvalue weighted by atomic mass is 10.1. The van der Waals surface area contributed by atoms with Crippen LogP contribution in [0.15, 0.2) is 4.47 Å². The second-order valence-electron chi connectivity index (χ2n) is 5.70. The molecule has 0 radical (unpaired) electrons. The van der Waals surface area contributed by atoms with E-state index in [4.69, 9.17) is 0 Å². The summed E-state index contributed by atoms with van der Waals surface area (Å²) in [6, 6.07) is 0.494. The molecule has 120 valence electrons. The summed E-state index contributed by atoms with van der Waals surface area (Å²) in [6.07, 6.45) is 2.00. The van der Waals surface area contributed by atoms with Gasteiger partial charge in [0.1, 0.15) is 0 Å². The van der Waals surface area contributed by atoms with Gasteiger partial charge in [-0.25, -0.2) is 0 Å². The van der Waals surface area contributed by atoms with Gasteiger partial charge < -0.3 is 5.32 Å². The van der Waals surface area contributed by atoms with E-state index in [0.29, 0.717) is 11.3 Å². The van der Waals surface area contributed by atoms with Crippen molar-refractivity contribution in [2.24, 2.45) is 7.05 Å². The van der Waals surface area contributed by atoms with Gasteiger partial charge in [-0.15, -0.1) is 0 Å². The van der Waals surface area contributed by atoms with Gasteiger partial charge >= 0.3 is 0 Å². The Morgan fingerprint density at radius 3 is 2.67 bits per heavy atom. The number of thioether (sulfide) groups is 2. The molecule has 6 heteroatoms. The first-order valence-corrected chi connectivity index (χ1v) is 10.4. The number of hydrogen-bond acceptors (Lipinski definition) is 4. The lowest BCUT2D eigenvalue weighted by molar-refractivity contribution is 0.531. The molecule has 3 nitrogen and oxygen atoms in total. The molecule has 2 heterocycles. The molecule has 0 aliphatic carbocycles. The van der Waals surface area contributed by atoms with Crippen LogP contribution < -0.4 is 5.32 Å². The predicted molar refractivity (Wildman–Crippen MR) is 99.6 cm³/mol. The number of nitrogens with one attached hydrogen (secondary N) is 1. The van der Waals surface area contributed by atoms with E-state index in [0.717, 1.165) is 29.0 Å². The summed E-state index contributed by atoms with van der Waals surface area (Å²) in [6.45, 7) is 6.86. The fourth-order valence-corrected chi connectivity index (χ4v) is 6.64. The number of likely N-dealkylation sites (N-methyl/N-ethyl adjacent to an activating group) is 1. The van der Waals surface area contributed by atoms with Gasteiger partial charge in [0, 0.05) is 41.0 Å². The molecule has 0 amide bonds. The van der Waals surface area contributed by atoms with E-state index >= 15 is 0 Å². The zero-order chi connectivity index (χ0) is 15.6. The molecule has 4 atom stereocenters. The zero-order valence-electron chi connectivity index (χ0n) is 13.5. The van der Waals surface area contributed by atoms with Crippen LogP contribution in [0.4, 0.5) is 0 Å². The van der Waals surface area contributed by atoms with Gasteiger partial charge in [-0.1, -0.05) is 20.8 Å². The van der Waals surface area contributed by atoms with Crippen molar-refractivity contribution in [3.8, 4) is 0 Å². The standard InChI is InChI=1S/C15H26BrN3S2/c1-6-11-15(16)13(19(5)18-11)7-12(17-4)14-8-20-9(2)10(3)21-14/h9-10,12,14,17H,6-8H2,1-5H3. The lowest BCUT2D eigenvalue weighted by Crippen LogP contribution is -2.43. The normalized spacial score (nSPS) is 27.8. The van der Waals surface area contributed by atoms with Crippen molar-refractivity contribution in [3.05, 3.63) is 15.9 Å². The molecule has 0 bridgehead atoms. The van der Waals surface area contributed by atoms with Gasteiger partial charge in [-0.05, 0) is 29.4 Å². The molecule has 0 aromatic carbocycles. The highest BCUT2D eigenvalue weighted by molar-refractivity contribution is 9.10. The van der Waals surface area contributed by atoms with Crippen LogP contribution in [0.3, 0.4) is 0 Å². The SMILES string of the molecule is CCc1nn(C)c(CC(NC)C2CSC(C)C(C)S2)c1Br. The maximum atomic E-state index is 4.62. The summed E-state index contributed by atoms with van der Waals surface area (Å²) in [5, 5.41) is 10.3. The summed E-state index contributed by atoms with van der Waals surface area (Å²) in [5.74, 6) is 1.23. The quantitative estimate of drug-likeness (QED) is 0.831. The highest BCUT2D eigenvalue weighted by atomic mass is 79.9. The van der Waals surface area contributed by atoms with Crippen molar-refractivity contribution < 1.29 is 0 Å². The number of hydrogen-bond donors (Lipinski definition) is 1. The molecule has 0 saturated carbocycles. The third-order valence-electron chi connectivity index (χ3n) is 4.31. The highest BCUT2D eigenvalue weighted by Crippen LogP contribution is 2.38. The summed E-state index contributed by atoms with van der Waals surface area (Å²) in [7, 11) is 4.14. The molecule has 1 aromatic heterocycles. The molecular weight excluding hydrogens is 366 g/mol. The van der Waals surface area contributed by atoms with Crippen molar-refractivity contribution in [1.29, 1.82) is 0 Å². The topological polar surface area (TPSA) is 29.9 Å². The average molecular weight is 392 g/mol.